The normalized spacial score (nSPS) is 10.0. The fourth-order valence-electron chi connectivity index (χ4n) is 1.28. The maximum atomic E-state index is 4.87. The van der Waals surface area contributed by atoms with Gasteiger partial charge in [-0.25, -0.2) is 0 Å². The van der Waals surface area contributed by atoms with Crippen LogP contribution in [-0.4, -0.2) is 16.7 Å². The lowest BCUT2D eigenvalue weighted by Gasteiger charge is -2.02. The van der Waals surface area contributed by atoms with Gasteiger partial charge >= 0.3 is 0 Å². The lowest BCUT2D eigenvalue weighted by molar-refractivity contribution is 0.134. The van der Waals surface area contributed by atoms with Gasteiger partial charge in [0.25, 0.3) is 0 Å². The second-order valence-corrected chi connectivity index (χ2v) is 2.74. The van der Waals surface area contributed by atoms with Crippen LogP contribution in [0.15, 0.2) is 35.7 Å². The molecule has 1 heterocycles. The van der Waals surface area contributed by atoms with Crippen LogP contribution >= 0.6 is 0 Å². The van der Waals surface area contributed by atoms with Crippen LogP contribution in [0.4, 0.5) is 0 Å². The topological polar surface area (TPSA) is 47.4 Å². The summed E-state index contributed by atoms with van der Waals surface area (Å²) in [6, 6.07) is 5.76. The third kappa shape index (κ3) is 1.54. The first-order valence-corrected chi connectivity index (χ1v) is 4.18. The van der Waals surface area contributed by atoms with Crippen LogP contribution in [0.3, 0.4) is 0 Å². The Morgan fingerprint density at radius 2 is 2.14 bits per heavy atom. The van der Waals surface area contributed by atoms with Crippen molar-refractivity contribution in [2.75, 3.05) is 0 Å². The van der Waals surface area contributed by atoms with Crippen molar-refractivity contribution in [2.24, 2.45) is 5.16 Å². The molecule has 0 atom stereocenters. The lowest BCUT2D eigenvalue weighted by Crippen LogP contribution is -1.91. The Kier molecular flexibility index (Phi) is 2.36. The molecule has 4 nitrogen and oxygen atoms in total. The summed E-state index contributed by atoms with van der Waals surface area (Å²) >= 11 is 0. The summed E-state index contributed by atoms with van der Waals surface area (Å²) in [5.41, 5.74) is 2.67. The van der Waals surface area contributed by atoms with E-state index in [1.165, 1.54) is 0 Å². The molecule has 14 heavy (non-hydrogen) atoms. The molecule has 0 amide bonds. The molecular formula is C10H9N3O. The molecule has 0 aliphatic rings. The number of benzene rings is 1. The van der Waals surface area contributed by atoms with Gasteiger partial charge in [-0.3, -0.25) is 9.97 Å². The monoisotopic (exact) mass is 187 g/mol. The van der Waals surface area contributed by atoms with Crippen molar-refractivity contribution < 1.29 is 4.84 Å². The summed E-state index contributed by atoms with van der Waals surface area (Å²) in [6.07, 6.45) is 3.33. The fraction of sp³-hybridized carbons (Fsp3) is 0.100. The smallest absolute Gasteiger partial charge is 0.144 e. The Morgan fingerprint density at radius 3 is 3.00 bits per heavy atom. The molecule has 0 saturated heterocycles. The van der Waals surface area contributed by atoms with Gasteiger partial charge in [-0.2, -0.15) is 0 Å². The van der Waals surface area contributed by atoms with Gasteiger partial charge < -0.3 is 4.84 Å². The maximum Gasteiger partial charge on any atom is 0.144 e. The number of oxime groups is 1. The Labute approximate surface area is 81.2 Å². The Bertz CT molecular complexity index is 451. The number of rotatable bonds is 3. The Morgan fingerprint density at radius 1 is 1.29 bits per heavy atom. The van der Waals surface area contributed by atoms with E-state index in [1.807, 2.05) is 18.2 Å². The quantitative estimate of drug-likeness (QED) is 0.543. The van der Waals surface area contributed by atoms with E-state index in [2.05, 4.69) is 21.8 Å². The highest BCUT2D eigenvalue weighted by Crippen LogP contribution is 2.14. The third-order valence-electron chi connectivity index (χ3n) is 1.89. The predicted octanol–water partition coefficient (Wildman–Crippen LogP) is 1.76. The summed E-state index contributed by atoms with van der Waals surface area (Å²) in [7, 11) is 0. The molecule has 0 N–H and O–H groups in total. The molecule has 0 aliphatic carbocycles. The highest BCUT2D eigenvalue weighted by atomic mass is 16.6. The molecule has 70 valence electrons. The van der Waals surface area contributed by atoms with Gasteiger partial charge in [-0.1, -0.05) is 12.1 Å². The number of hydrogen-bond acceptors (Lipinski definition) is 4. The molecule has 1 aromatic heterocycles. The van der Waals surface area contributed by atoms with Crippen molar-refractivity contribution in [1.82, 2.24) is 9.97 Å². The van der Waals surface area contributed by atoms with Crippen LogP contribution in [-0.2, 0) is 11.4 Å². The van der Waals surface area contributed by atoms with Gasteiger partial charge in [-0.05, 0) is 6.07 Å². The van der Waals surface area contributed by atoms with Gasteiger partial charge in [0.15, 0.2) is 0 Å². The number of para-hydroxylation sites is 1. The Balaban J connectivity index is 2.48. The SMILES string of the molecule is C=NOCc1cccc2nccnc12. The van der Waals surface area contributed by atoms with Crippen molar-refractivity contribution in [2.45, 2.75) is 6.61 Å². The molecular weight excluding hydrogens is 178 g/mol. The van der Waals surface area contributed by atoms with E-state index in [9.17, 15) is 0 Å². The molecule has 0 radical (unpaired) electrons. The van der Waals surface area contributed by atoms with Crippen LogP contribution in [0, 0.1) is 0 Å². The highest BCUT2D eigenvalue weighted by Gasteiger charge is 2.01. The molecule has 0 fully saturated rings. The van der Waals surface area contributed by atoms with Crippen LogP contribution < -0.4 is 0 Å². The van der Waals surface area contributed by atoms with E-state index in [1.54, 1.807) is 12.4 Å². The average Bonchev–Trinajstić information content (AvgIpc) is 2.26. The third-order valence-corrected chi connectivity index (χ3v) is 1.89. The summed E-state index contributed by atoms with van der Waals surface area (Å²) in [6.45, 7) is 3.62. The van der Waals surface area contributed by atoms with Gasteiger partial charge in [-0.15, -0.1) is 5.16 Å². The molecule has 0 unspecified atom stereocenters. The van der Waals surface area contributed by atoms with Crippen LogP contribution in [0.2, 0.25) is 0 Å². The van der Waals surface area contributed by atoms with Crippen LogP contribution in [0.5, 0.6) is 0 Å². The molecule has 2 rings (SSSR count). The highest BCUT2D eigenvalue weighted by molar-refractivity contribution is 5.77. The van der Waals surface area contributed by atoms with E-state index in [0.29, 0.717) is 6.61 Å². The number of hydrogen-bond donors (Lipinski definition) is 0. The standard InChI is InChI=1S/C10H9N3O/c1-11-14-7-8-3-2-4-9-10(8)13-6-5-12-9/h2-6H,1,7H2. The summed E-state index contributed by atoms with van der Waals surface area (Å²) in [5.74, 6) is 0. The van der Waals surface area contributed by atoms with Crippen molar-refractivity contribution in [1.29, 1.82) is 0 Å². The first kappa shape index (κ1) is 8.62. The fourth-order valence-corrected chi connectivity index (χ4v) is 1.28. The minimum absolute atomic E-state index is 0.375. The first-order valence-electron chi connectivity index (χ1n) is 4.18. The summed E-state index contributed by atoms with van der Waals surface area (Å²) in [5, 5.41) is 3.34. The van der Waals surface area contributed by atoms with E-state index >= 15 is 0 Å². The molecule has 0 bridgehead atoms. The van der Waals surface area contributed by atoms with E-state index in [4.69, 9.17) is 4.84 Å². The zero-order valence-corrected chi connectivity index (χ0v) is 7.55. The molecule has 0 saturated carbocycles. The molecule has 2 aromatic rings. The van der Waals surface area contributed by atoms with Crippen molar-refractivity contribution >= 4 is 17.8 Å². The second-order valence-electron chi connectivity index (χ2n) is 2.74. The van der Waals surface area contributed by atoms with Crippen LogP contribution in [0.1, 0.15) is 5.56 Å². The largest absolute Gasteiger partial charge is 0.391 e. The molecule has 0 aliphatic heterocycles. The van der Waals surface area contributed by atoms with Crippen molar-refractivity contribution in [3.05, 3.63) is 36.2 Å². The minimum Gasteiger partial charge on any atom is -0.391 e. The summed E-state index contributed by atoms with van der Waals surface area (Å²) < 4.78 is 0. The molecule has 1 aromatic carbocycles. The molecule has 4 heteroatoms. The van der Waals surface area contributed by atoms with Crippen LogP contribution in [0.25, 0.3) is 11.0 Å². The maximum absolute atomic E-state index is 4.87. The van der Waals surface area contributed by atoms with E-state index < -0.39 is 0 Å². The molecule has 0 spiro atoms. The zero-order valence-electron chi connectivity index (χ0n) is 7.55. The number of nitrogens with zero attached hydrogens (tertiary/aromatic N) is 3. The van der Waals surface area contributed by atoms with E-state index in [0.717, 1.165) is 16.6 Å². The van der Waals surface area contributed by atoms with Crippen molar-refractivity contribution in [3.8, 4) is 0 Å². The van der Waals surface area contributed by atoms with Gasteiger partial charge in [0.05, 0.1) is 11.0 Å². The number of fused-ring (bicyclic) bond motifs is 1. The van der Waals surface area contributed by atoms with E-state index in [-0.39, 0.29) is 0 Å². The lowest BCUT2D eigenvalue weighted by atomic mass is 10.2. The first-order chi connectivity index (χ1) is 6.92. The minimum atomic E-state index is 0.375. The average molecular weight is 187 g/mol. The zero-order chi connectivity index (χ0) is 9.80. The predicted molar refractivity (Wildman–Crippen MR) is 53.9 cm³/mol. The summed E-state index contributed by atoms with van der Waals surface area (Å²) in [4.78, 5) is 13.3. The number of aromatic nitrogens is 2. The van der Waals surface area contributed by atoms with Gasteiger partial charge in [0.1, 0.15) is 6.61 Å². The van der Waals surface area contributed by atoms with Gasteiger partial charge in [0, 0.05) is 24.7 Å². The van der Waals surface area contributed by atoms with Gasteiger partial charge in [0.2, 0.25) is 0 Å². The Hall–Kier alpha value is -1.97. The van der Waals surface area contributed by atoms with Crippen molar-refractivity contribution in [3.63, 3.8) is 0 Å². The second kappa shape index (κ2) is 3.83.